The Hall–Kier alpha value is -0.950. The summed E-state index contributed by atoms with van der Waals surface area (Å²) in [4.78, 5) is 26.9. The van der Waals surface area contributed by atoms with Crippen molar-refractivity contribution in [2.75, 3.05) is 32.4 Å². The molecular weight excluding hydrogens is 290 g/mol. The summed E-state index contributed by atoms with van der Waals surface area (Å²) in [5, 5.41) is 12.8. The van der Waals surface area contributed by atoms with Gasteiger partial charge in [-0.15, -0.1) is 0 Å². The number of nitrogens with one attached hydrogen (secondary N) is 1. The van der Waals surface area contributed by atoms with Crippen molar-refractivity contribution in [1.82, 2.24) is 15.1 Å². The van der Waals surface area contributed by atoms with Gasteiger partial charge in [0.25, 0.3) is 0 Å². The van der Waals surface area contributed by atoms with Gasteiger partial charge in [0.1, 0.15) is 6.04 Å². The van der Waals surface area contributed by atoms with Gasteiger partial charge in [0.15, 0.2) is 0 Å². The summed E-state index contributed by atoms with van der Waals surface area (Å²) in [6, 6.07) is -0.178. The standard InChI is InChI=1S/C14H25N3O3S/c1-10(13(18)19)16-5-7-17(8-6-16)14(20)15-11-3-4-12(9-11)21-2/h10-12H,3-9H2,1-2H3,(H,15,20)(H,18,19). The molecule has 1 aliphatic heterocycles. The van der Waals surface area contributed by atoms with Crippen LogP contribution < -0.4 is 5.32 Å². The van der Waals surface area contributed by atoms with Crippen molar-refractivity contribution in [3.63, 3.8) is 0 Å². The number of carbonyl (C=O) groups excluding carboxylic acids is 1. The van der Waals surface area contributed by atoms with E-state index in [0.717, 1.165) is 12.8 Å². The lowest BCUT2D eigenvalue weighted by molar-refractivity contribution is -0.143. The quantitative estimate of drug-likeness (QED) is 0.812. The van der Waals surface area contributed by atoms with Crippen molar-refractivity contribution in [2.24, 2.45) is 0 Å². The van der Waals surface area contributed by atoms with E-state index in [2.05, 4.69) is 11.6 Å². The highest BCUT2D eigenvalue weighted by molar-refractivity contribution is 7.99. The molecule has 0 spiro atoms. The molecular formula is C14H25N3O3S. The van der Waals surface area contributed by atoms with E-state index in [-0.39, 0.29) is 6.03 Å². The molecule has 2 fully saturated rings. The van der Waals surface area contributed by atoms with Crippen molar-refractivity contribution in [2.45, 2.75) is 43.5 Å². The maximum atomic E-state index is 12.2. The largest absolute Gasteiger partial charge is 0.480 e. The molecule has 7 heteroatoms. The molecule has 1 saturated heterocycles. The monoisotopic (exact) mass is 315 g/mol. The van der Waals surface area contributed by atoms with Crippen LogP contribution in [0.25, 0.3) is 0 Å². The smallest absolute Gasteiger partial charge is 0.320 e. The van der Waals surface area contributed by atoms with Crippen LogP contribution in [0, 0.1) is 0 Å². The molecule has 1 heterocycles. The van der Waals surface area contributed by atoms with Gasteiger partial charge in [0.2, 0.25) is 0 Å². The zero-order chi connectivity index (χ0) is 15.4. The average Bonchev–Trinajstić information content (AvgIpc) is 2.94. The number of carboxylic acids is 1. The molecule has 3 unspecified atom stereocenters. The molecule has 3 atom stereocenters. The molecule has 21 heavy (non-hydrogen) atoms. The van der Waals surface area contributed by atoms with Crippen molar-refractivity contribution < 1.29 is 14.7 Å². The van der Waals surface area contributed by atoms with Gasteiger partial charge in [-0.05, 0) is 32.4 Å². The maximum absolute atomic E-state index is 12.2. The van der Waals surface area contributed by atoms with Crippen LogP contribution in [0.2, 0.25) is 0 Å². The van der Waals surface area contributed by atoms with Gasteiger partial charge in [-0.25, -0.2) is 4.79 Å². The number of urea groups is 1. The lowest BCUT2D eigenvalue weighted by atomic mass is 10.2. The van der Waals surface area contributed by atoms with Crippen LogP contribution in [-0.4, -0.2) is 76.7 Å². The maximum Gasteiger partial charge on any atom is 0.320 e. The number of nitrogens with zero attached hydrogens (tertiary/aromatic N) is 2. The first-order chi connectivity index (χ1) is 10.0. The highest BCUT2D eigenvalue weighted by Crippen LogP contribution is 2.28. The summed E-state index contributed by atoms with van der Waals surface area (Å²) in [6.45, 7) is 4.14. The second-order valence-corrected chi connectivity index (χ2v) is 6.99. The van der Waals surface area contributed by atoms with Crippen molar-refractivity contribution >= 4 is 23.8 Å². The first kappa shape index (κ1) is 16.4. The molecule has 0 aromatic heterocycles. The highest BCUT2D eigenvalue weighted by Gasteiger charge is 2.30. The van der Waals surface area contributed by atoms with Gasteiger partial charge in [-0.2, -0.15) is 11.8 Å². The minimum Gasteiger partial charge on any atom is -0.480 e. The molecule has 0 bridgehead atoms. The van der Waals surface area contributed by atoms with Gasteiger partial charge < -0.3 is 15.3 Å². The summed E-state index contributed by atoms with van der Waals surface area (Å²) in [5.74, 6) is -0.804. The van der Waals surface area contributed by atoms with E-state index in [4.69, 9.17) is 5.11 Å². The van der Waals surface area contributed by atoms with Crippen LogP contribution in [0.15, 0.2) is 0 Å². The van der Waals surface area contributed by atoms with E-state index in [1.165, 1.54) is 6.42 Å². The Morgan fingerprint density at radius 3 is 2.43 bits per heavy atom. The number of carboxylic acid groups (broad SMARTS) is 1. The predicted octanol–water partition coefficient (Wildman–Crippen LogP) is 1.07. The van der Waals surface area contributed by atoms with Gasteiger partial charge >= 0.3 is 12.0 Å². The fraction of sp³-hybridized carbons (Fsp3) is 0.857. The lowest BCUT2D eigenvalue weighted by Crippen LogP contribution is -2.56. The third-order valence-electron chi connectivity index (χ3n) is 4.55. The second kappa shape index (κ2) is 7.35. The van der Waals surface area contributed by atoms with Gasteiger partial charge in [0.05, 0.1) is 0 Å². The molecule has 2 aliphatic rings. The summed E-state index contributed by atoms with van der Waals surface area (Å²) in [5.41, 5.74) is 0. The van der Waals surface area contributed by atoms with Gasteiger partial charge in [-0.3, -0.25) is 9.69 Å². The number of rotatable bonds is 4. The topological polar surface area (TPSA) is 72.9 Å². The Morgan fingerprint density at radius 1 is 1.24 bits per heavy atom. The Labute approximate surface area is 130 Å². The van der Waals surface area contributed by atoms with E-state index in [0.29, 0.717) is 37.5 Å². The molecule has 120 valence electrons. The lowest BCUT2D eigenvalue weighted by Gasteiger charge is -2.37. The van der Waals surface area contributed by atoms with Crippen LogP contribution >= 0.6 is 11.8 Å². The number of thioether (sulfide) groups is 1. The van der Waals surface area contributed by atoms with E-state index >= 15 is 0 Å². The van der Waals surface area contributed by atoms with E-state index < -0.39 is 12.0 Å². The Morgan fingerprint density at radius 2 is 1.90 bits per heavy atom. The highest BCUT2D eigenvalue weighted by atomic mass is 32.2. The fourth-order valence-electron chi connectivity index (χ4n) is 3.02. The summed E-state index contributed by atoms with van der Waals surface area (Å²) >= 11 is 1.88. The predicted molar refractivity (Wildman–Crippen MR) is 83.7 cm³/mol. The summed E-state index contributed by atoms with van der Waals surface area (Å²) in [6.07, 6.45) is 5.42. The average molecular weight is 315 g/mol. The number of amides is 2. The number of carbonyl (C=O) groups is 2. The van der Waals surface area contributed by atoms with E-state index in [1.54, 1.807) is 11.8 Å². The van der Waals surface area contributed by atoms with Crippen molar-refractivity contribution in [3.8, 4) is 0 Å². The van der Waals surface area contributed by atoms with Crippen LogP contribution in [0.4, 0.5) is 4.79 Å². The Bertz CT molecular complexity index is 386. The minimum absolute atomic E-state index is 0.00406. The third kappa shape index (κ3) is 4.26. The first-order valence-corrected chi connectivity index (χ1v) is 8.85. The Kier molecular flexibility index (Phi) is 5.75. The third-order valence-corrected chi connectivity index (χ3v) is 5.65. The molecule has 6 nitrogen and oxygen atoms in total. The fourth-order valence-corrected chi connectivity index (χ4v) is 3.82. The van der Waals surface area contributed by atoms with Crippen LogP contribution in [0.3, 0.4) is 0 Å². The normalized spacial score (nSPS) is 28.4. The van der Waals surface area contributed by atoms with Crippen LogP contribution in [-0.2, 0) is 4.79 Å². The van der Waals surface area contributed by atoms with Crippen molar-refractivity contribution in [3.05, 3.63) is 0 Å². The second-order valence-electron chi connectivity index (χ2n) is 5.85. The minimum atomic E-state index is -0.804. The number of hydrogen-bond donors (Lipinski definition) is 2. The summed E-state index contributed by atoms with van der Waals surface area (Å²) < 4.78 is 0. The molecule has 0 radical (unpaired) electrons. The number of aliphatic carboxylic acids is 1. The summed E-state index contributed by atoms with van der Waals surface area (Å²) in [7, 11) is 0. The molecule has 0 aromatic carbocycles. The number of hydrogen-bond acceptors (Lipinski definition) is 4. The number of piperazine rings is 1. The van der Waals surface area contributed by atoms with Crippen LogP contribution in [0.5, 0.6) is 0 Å². The van der Waals surface area contributed by atoms with Crippen molar-refractivity contribution in [1.29, 1.82) is 0 Å². The Balaban J connectivity index is 1.74. The molecule has 0 aromatic rings. The van der Waals surface area contributed by atoms with E-state index in [9.17, 15) is 9.59 Å². The SMILES string of the molecule is CSC1CCC(NC(=O)N2CCN(C(C)C(=O)O)CC2)C1. The van der Waals surface area contributed by atoms with E-state index in [1.807, 2.05) is 16.7 Å². The zero-order valence-corrected chi connectivity index (χ0v) is 13.6. The molecule has 1 saturated carbocycles. The first-order valence-electron chi connectivity index (χ1n) is 7.56. The molecule has 2 rings (SSSR count). The van der Waals surface area contributed by atoms with Gasteiger partial charge in [-0.1, -0.05) is 0 Å². The molecule has 2 amide bonds. The zero-order valence-electron chi connectivity index (χ0n) is 12.7. The van der Waals surface area contributed by atoms with Crippen LogP contribution in [0.1, 0.15) is 26.2 Å². The molecule has 1 aliphatic carbocycles. The molecule has 2 N–H and O–H groups in total. The van der Waals surface area contributed by atoms with Gasteiger partial charge in [0, 0.05) is 37.5 Å².